The second-order valence-electron chi connectivity index (χ2n) is 4.40. The largest absolute Gasteiger partial charge is 0.488 e. The molecule has 0 amide bonds. The van der Waals surface area contributed by atoms with Crippen LogP contribution < -0.4 is 4.74 Å². The van der Waals surface area contributed by atoms with Crippen molar-refractivity contribution in [2.45, 2.75) is 19.6 Å². The van der Waals surface area contributed by atoms with Crippen LogP contribution >= 0.6 is 23.2 Å². The molecule has 0 aromatic heterocycles. The molecule has 0 unspecified atom stereocenters. The van der Waals surface area contributed by atoms with Crippen LogP contribution in [0.1, 0.15) is 24.2 Å². The van der Waals surface area contributed by atoms with Gasteiger partial charge in [0.2, 0.25) is 0 Å². The van der Waals surface area contributed by atoms with E-state index < -0.39 is 11.9 Å². The Morgan fingerprint density at radius 2 is 1.90 bits per heavy atom. The van der Waals surface area contributed by atoms with Gasteiger partial charge in [0, 0.05) is 11.6 Å². The predicted molar refractivity (Wildman–Crippen MR) is 77.8 cm³/mol. The van der Waals surface area contributed by atoms with Gasteiger partial charge in [0.1, 0.15) is 18.2 Å². The van der Waals surface area contributed by atoms with Crippen molar-refractivity contribution >= 4 is 23.2 Å². The predicted octanol–water partition coefficient (Wildman–Crippen LogP) is 4.76. The van der Waals surface area contributed by atoms with Crippen molar-refractivity contribution in [3.05, 3.63) is 63.4 Å². The van der Waals surface area contributed by atoms with Crippen LogP contribution in [0.4, 0.5) is 4.39 Å². The fourth-order valence-corrected chi connectivity index (χ4v) is 2.09. The SMILES string of the molecule is C[C@@H](O)c1ccc(F)cc1OCc1ccc(Cl)c(Cl)c1. The first kappa shape index (κ1) is 15.1. The molecule has 106 valence electrons. The van der Waals surface area contributed by atoms with Crippen LogP contribution in [0.2, 0.25) is 10.0 Å². The number of rotatable bonds is 4. The zero-order chi connectivity index (χ0) is 14.7. The van der Waals surface area contributed by atoms with Gasteiger partial charge in [-0.05, 0) is 36.8 Å². The second kappa shape index (κ2) is 6.44. The maximum absolute atomic E-state index is 13.3. The van der Waals surface area contributed by atoms with E-state index in [0.29, 0.717) is 21.4 Å². The molecule has 20 heavy (non-hydrogen) atoms. The molecule has 0 spiro atoms. The highest BCUT2D eigenvalue weighted by Crippen LogP contribution is 2.28. The number of halogens is 3. The molecule has 1 N–H and O–H groups in total. The number of ether oxygens (including phenoxy) is 1. The minimum absolute atomic E-state index is 0.208. The van der Waals surface area contributed by atoms with Gasteiger partial charge in [-0.25, -0.2) is 4.39 Å². The normalized spacial score (nSPS) is 12.2. The third-order valence-electron chi connectivity index (χ3n) is 2.80. The summed E-state index contributed by atoms with van der Waals surface area (Å²) in [7, 11) is 0. The third kappa shape index (κ3) is 3.63. The van der Waals surface area contributed by atoms with Gasteiger partial charge in [0.25, 0.3) is 0 Å². The summed E-state index contributed by atoms with van der Waals surface area (Å²) < 4.78 is 18.8. The highest BCUT2D eigenvalue weighted by Gasteiger charge is 2.11. The van der Waals surface area contributed by atoms with Crippen molar-refractivity contribution in [3.8, 4) is 5.75 Å². The van der Waals surface area contributed by atoms with Crippen molar-refractivity contribution in [1.29, 1.82) is 0 Å². The van der Waals surface area contributed by atoms with Crippen LogP contribution in [0, 0.1) is 5.82 Å². The maximum atomic E-state index is 13.3. The Morgan fingerprint density at radius 1 is 1.15 bits per heavy atom. The van der Waals surface area contributed by atoms with E-state index in [1.165, 1.54) is 18.2 Å². The van der Waals surface area contributed by atoms with Crippen LogP contribution in [0.3, 0.4) is 0 Å². The van der Waals surface area contributed by atoms with E-state index in [4.69, 9.17) is 27.9 Å². The average Bonchev–Trinajstić information content (AvgIpc) is 2.40. The van der Waals surface area contributed by atoms with Crippen molar-refractivity contribution < 1.29 is 14.2 Å². The summed E-state index contributed by atoms with van der Waals surface area (Å²) in [4.78, 5) is 0. The van der Waals surface area contributed by atoms with Crippen molar-refractivity contribution in [3.63, 3.8) is 0 Å². The molecule has 2 aromatic carbocycles. The van der Waals surface area contributed by atoms with Crippen LogP contribution in [-0.2, 0) is 6.61 Å². The van der Waals surface area contributed by atoms with Gasteiger partial charge in [0.15, 0.2) is 0 Å². The first-order chi connectivity index (χ1) is 9.47. The fraction of sp³-hybridized carbons (Fsp3) is 0.200. The van der Waals surface area contributed by atoms with E-state index in [9.17, 15) is 9.50 Å². The Balaban J connectivity index is 2.17. The first-order valence-electron chi connectivity index (χ1n) is 6.01. The smallest absolute Gasteiger partial charge is 0.128 e. The minimum Gasteiger partial charge on any atom is -0.488 e. The van der Waals surface area contributed by atoms with Gasteiger partial charge in [-0.3, -0.25) is 0 Å². The summed E-state index contributed by atoms with van der Waals surface area (Å²) in [6.07, 6.45) is -0.737. The van der Waals surface area contributed by atoms with E-state index in [0.717, 1.165) is 5.56 Å². The summed E-state index contributed by atoms with van der Waals surface area (Å²) in [5, 5.41) is 10.5. The monoisotopic (exact) mass is 314 g/mol. The molecule has 0 bridgehead atoms. The molecule has 2 nitrogen and oxygen atoms in total. The summed E-state index contributed by atoms with van der Waals surface area (Å²) in [5.74, 6) is -0.107. The molecule has 0 saturated heterocycles. The second-order valence-corrected chi connectivity index (χ2v) is 5.21. The summed E-state index contributed by atoms with van der Waals surface area (Å²) in [5.41, 5.74) is 1.34. The van der Waals surface area contributed by atoms with Gasteiger partial charge in [0.05, 0.1) is 16.1 Å². The Hall–Kier alpha value is -1.29. The lowest BCUT2D eigenvalue weighted by Gasteiger charge is -2.14. The van der Waals surface area contributed by atoms with E-state index in [2.05, 4.69) is 0 Å². The standard InChI is InChI=1S/C15H13Cl2FO2/c1-9(19)12-4-3-11(18)7-15(12)20-8-10-2-5-13(16)14(17)6-10/h2-7,9,19H,8H2,1H3/t9-/m1/s1. The molecule has 0 heterocycles. The Bertz CT molecular complexity index is 615. The highest BCUT2D eigenvalue weighted by molar-refractivity contribution is 6.42. The first-order valence-corrected chi connectivity index (χ1v) is 6.77. The van der Waals surface area contributed by atoms with Gasteiger partial charge in [-0.1, -0.05) is 29.3 Å². The maximum Gasteiger partial charge on any atom is 0.128 e. The van der Waals surface area contributed by atoms with E-state index in [-0.39, 0.29) is 6.61 Å². The van der Waals surface area contributed by atoms with E-state index >= 15 is 0 Å². The van der Waals surface area contributed by atoms with Gasteiger partial charge in [-0.2, -0.15) is 0 Å². The number of benzene rings is 2. The van der Waals surface area contributed by atoms with Gasteiger partial charge < -0.3 is 9.84 Å². The van der Waals surface area contributed by atoms with Crippen molar-refractivity contribution in [2.75, 3.05) is 0 Å². The minimum atomic E-state index is -0.737. The summed E-state index contributed by atoms with van der Waals surface area (Å²) >= 11 is 11.7. The molecule has 2 aromatic rings. The van der Waals surface area contributed by atoms with Crippen LogP contribution in [0.15, 0.2) is 36.4 Å². The van der Waals surface area contributed by atoms with Crippen LogP contribution in [0.25, 0.3) is 0 Å². The number of hydrogen-bond donors (Lipinski definition) is 1. The molecule has 0 saturated carbocycles. The Labute approximate surface area is 126 Å². The Morgan fingerprint density at radius 3 is 2.55 bits per heavy atom. The number of aliphatic hydroxyl groups is 1. The molecular weight excluding hydrogens is 302 g/mol. The molecule has 0 aliphatic carbocycles. The number of aliphatic hydroxyl groups excluding tert-OH is 1. The molecular formula is C15H13Cl2FO2. The fourth-order valence-electron chi connectivity index (χ4n) is 1.77. The van der Waals surface area contributed by atoms with E-state index in [1.54, 1.807) is 25.1 Å². The number of hydrogen-bond acceptors (Lipinski definition) is 2. The topological polar surface area (TPSA) is 29.5 Å². The zero-order valence-electron chi connectivity index (χ0n) is 10.7. The quantitative estimate of drug-likeness (QED) is 0.881. The van der Waals surface area contributed by atoms with Crippen molar-refractivity contribution in [1.82, 2.24) is 0 Å². The molecule has 2 rings (SSSR count). The Kier molecular flexibility index (Phi) is 4.86. The van der Waals surface area contributed by atoms with Crippen molar-refractivity contribution in [2.24, 2.45) is 0 Å². The third-order valence-corrected chi connectivity index (χ3v) is 3.54. The van der Waals surface area contributed by atoms with E-state index in [1.807, 2.05) is 0 Å². The van der Waals surface area contributed by atoms with Crippen LogP contribution in [0.5, 0.6) is 5.75 Å². The molecule has 1 atom stereocenters. The molecule has 0 aliphatic rings. The van der Waals surface area contributed by atoms with Crippen LogP contribution in [-0.4, -0.2) is 5.11 Å². The lowest BCUT2D eigenvalue weighted by Crippen LogP contribution is -2.01. The van der Waals surface area contributed by atoms with Gasteiger partial charge in [-0.15, -0.1) is 0 Å². The molecule has 0 fully saturated rings. The molecule has 0 radical (unpaired) electrons. The average molecular weight is 315 g/mol. The lowest BCUT2D eigenvalue weighted by molar-refractivity contribution is 0.190. The zero-order valence-corrected chi connectivity index (χ0v) is 12.2. The summed E-state index contributed by atoms with van der Waals surface area (Å²) in [6.45, 7) is 1.80. The molecule has 0 aliphatic heterocycles. The lowest BCUT2D eigenvalue weighted by atomic mass is 10.1. The summed E-state index contributed by atoms with van der Waals surface area (Å²) in [6, 6.07) is 9.17. The molecule has 5 heteroatoms. The highest BCUT2D eigenvalue weighted by atomic mass is 35.5. The van der Waals surface area contributed by atoms with Gasteiger partial charge >= 0.3 is 0 Å².